The van der Waals surface area contributed by atoms with E-state index in [0.717, 1.165) is 30.0 Å². The molecule has 2 aromatic rings. The summed E-state index contributed by atoms with van der Waals surface area (Å²) in [6.45, 7) is 0. The van der Waals surface area contributed by atoms with Gasteiger partial charge < -0.3 is 4.90 Å². The maximum absolute atomic E-state index is 14.0. The Balaban J connectivity index is 1.71. The van der Waals surface area contributed by atoms with Crippen molar-refractivity contribution < 1.29 is 26.0 Å². The van der Waals surface area contributed by atoms with Crippen molar-refractivity contribution in [1.29, 1.82) is 0 Å². The summed E-state index contributed by atoms with van der Waals surface area (Å²) in [5.41, 5.74) is -0.453. The van der Waals surface area contributed by atoms with E-state index in [1.54, 1.807) is 18.2 Å². The van der Waals surface area contributed by atoms with Gasteiger partial charge in [0.1, 0.15) is 5.82 Å². The maximum atomic E-state index is 14.0. The summed E-state index contributed by atoms with van der Waals surface area (Å²) in [5.74, 6) is -0.647. The fourth-order valence-electron chi connectivity index (χ4n) is 3.55. The van der Waals surface area contributed by atoms with E-state index in [4.69, 9.17) is 11.6 Å². The first kappa shape index (κ1) is 21.5. The Morgan fingerprint density at radius 1 is 1.17 bits per heavy atom. The molecule has 0 aliphatic carbocycles. The van der Waals surface area contributed by atoms with Crippen LogP contribution in [-0.2, 0) is 21.8 Å². The van der Waals surface area contributed by atoms with Gasteiger partial charge in [0.25, 0.3) is 0 Å². The lowest BCUT2D eigenvalue weighted by Gasteiger charge is -2.28. The fraction of sp³-hybridized carbons (Fsp3) is 0.316. The molecule has 0 spiro atoms. The van der Waals surface area contributed by atoms with Crippen LogP contribution in [0.25, 0.3) is 0 Å². The number of anilines is 1. The summed E-state index contributed by atoms with van der Waals surface area (Å²) < 4.78 is 77.9. The molecule has 2 heterocycles. The molecule has 1 fully saturated rings. The number of sulfone groups is 1. The number of benzene rings is 2. The Hall–Kier alpha value is -1.78. The van der Waals surface area contributed by atoms with Crippen molar-refractivity contribution in [3.63, 3.8) is 0 Å². The number of nitrogens with zero attached hydrogens (tertiary/aromatic N) is 2. The summed E-state index contributed by atoms with van der Waals surface area (Å²) in [6.07, 6.45) is -4.59. The van der Waals surface area contributed by atoms with Crippen LogP contribution < -0.4 is 4.90 Å². The van der Waals surface area contributed by atoms with Gasteiger partial charge in [-0.15, -0.1) is 0 Å². The number of halogens is 5. The molecule has 0 N–H and O–H groups in total. The molecule has 0 saturated carbocycles. The largest absolute Gasteiger partial charge is 0.416 e. The zero-order valence-corrected chi connectivity index (χ0v) is 17.6. The van der Waals surface area contributed by atoms with Gasteiger partial charge in [0.15, 0.2) is 15.0 Å². The van der Waals surface area contributed by atoms with Crippen molar-refractivity contribution in [2.75, 3.05) is 16.4 Å². The van der Waals surface area contributed by atoms with Crippen LogP contribution in [-0.4, -0.2) is 37.2 Å². The molecular weight excluding hydrogens is 464 g/mol. The molecule has 0 radical (unpaired) electrons. The van der Waals surface area contributed by atoms with Crippen molar-refractivity contribution in [3.8, 4) is 0 Å². The Labute approximate surface area is 179 Å². The minimum atomic E-state index is -4.59. The monoisotopic (exact) mass is 478 g/mol. The first-order valence-corrected chi connectivity index (χ1v) is 12.0. The second-order valence-electron chi connectivity index (χ2n) is 7.04. The fourth-order valence-corrected chi connectivity index (χ4v) is 6.70. The molecule has 2 aliphatic heterocycles. The van der Waals surface area contributed by atoms with E-state index in [-0.39, 0.29) is 28.0 Å². The van der Waals surface area contributed by atoms with E-state index in [1.165, 1.54) is 11.0 Å². The molecule has 30 heavy (non-hydrogen) atoms. The van der Waals surface area contributed by atoms with Crippen molar-refractivity contribution in [2.24, 2.45) is 4.99 Å². The second-order valence-corrected chi connectivity index (χ2v) is 10.5. The van der Waals surface area contributed by atoms with Gasteiger partial charge in [-0.05, 0) is 29.8 Å². The van der Waals surface area contributed by atoms with Crippen molar-refractivity contribution in [3.05, 3.63) is 64.4 Å². The predicted molar refractivity (Wildman–Crippen MR) is 110 cm³/mol. The van der Waals surface area contributed by atoms with Gasteiger partial charge in [0.2, 0.25) is 0 Å². The third-order valence-electron chi connectivity index (χ3n) is 4.96. The van der Waals surface area contributed by atoms with Gasteiger partial charge in [-0.3, -0.25) is 4.99 Å². The number of hydrogen-bond acceptors (Lipinski definition) is 5. The van der Waals surface area contributed by atoms with Crippen LogP contribution in [0.5, 0.6) is 0 Å². The number of aliphatic imine (C=N–C) groups is 1. The van der Waals surface area contributed by atoms with E-state index < -0.39 is 39.5 Å². The Morgan fingerprint density at radius 3 is 2.60 bits per heavy atom. The summed E-state index contributed by atoms with van der Waals surface area (Å²) in [7, 11) is -3.38. The van der Waals surface area contributed by atoms with Crippen LogP contribution in [0.3, 0.4) is 0 Å². The highest BCUT2D eigenvalue weighted by molar-refractivity contribution is 8.13. The normalized spacial score (nSPS) is 22.8. The molecule has 4 rings (SSSR count). The molecular formula is C19H15ClF4N2O2S2. The van der Waals surface area contributed by atoms with Crippen LogP contribution in [0.15, 0.2) is 47.5 Å². The first-order valence-electron chi connectivity index (χ1n) is 8.85. The molecule has 2 atom stereocenters. The average Bonchev–Trinajstić information content (AvgIpc) is 3.11. The molecule has 0 amide bonds. The lowest BCUT2D eigenvalue weighted by atomic mass is 10.1. The minimum Gasteiger partial charge on any atom is -0.313 e. The quantitative estimate of drug-likeness (QED) is 0.596. The van der Waals surface area contributed by atoms with Crippen LogP contribution >= 0.6 is 23.4 Å². The van der Waals surface area contributed by atoms with E-state index >= 15 is 0 Å². The number of rotatable bonds is 3. The summed E-state index contributed by atoms with van der Waals surface area (Å²) in [4.78, 5) is 5.90. The maximum Gasteiger partial charge on any atom is 0.416 e. The zero-order valence-electron chi connectivity index (χ0n) is 15.2. The van der Waals surface area contributed by atoms with Crippen molar-refractivity contribution >= 4 is 44.1 Å². The Morgan fingerprint density at radius 2 is 1.90 bits per heavy atom. The highest BCUT2D eigenvalue weighted by Crippen LogP contribution is 2.41. The lowest BCUT2D eigenvalue weighted by Crippen LogP contribution is -2.39. The highest BCUT2D eigenvalue weighted by atomic mass is 35.5. The van der Waals surface area contributed by atoms with Crippen LogP contribution in [0.2, 0.25) is 5.02 Å². The number of alkyl halides is 3. The van der Waals surface area contributed by atoms with E-state index in [0.29, 0.717) is 10.7 Å². The van der Waals surface area contributed by atoms with Gasteiger partial charge in [0, 0.05) is 5.75 Å². The van der Waals surface area contributed by atoms with Gasteiger partial charge in [-0.25, -0.2) is 12.8 Å². The van der Waals surface area contributed by atoms with Crippen LogP contribution in [0, 0.1) is 5.82 Å². The summed E-state index contributed by atoms with van der Waals surface area (Å²) in [6, 6.07) is 7.79. The Bertz CT molecular complexity index is 1120. The number of amidine groups is 1. The third-order valence-corrected chi connectivity index (χ3v) is 7.99. The number of hydrogen-bond donors (Lipinski definition) is 0. The molecule has 2 aliphatic rings. The smallest absolute Gasteiger partial charge is 0.313 e. The standard InChI is InChI=1S/C19H15ClF4N2O2S2/c20-13-6-5-12(19(22,23)24)7-16(13)26-17-10-30(27,28)9-15(17)25-18(26)29-8-11-3-1-2-4-14(11)21/h1-7,15,17H,8-10H2. The molecule has 0 bridgehead atoms. The molecule has 11 heteroatoms. The molecule has 160 valence electrons. The lowest BCUT2D eigenvalue weighted by molar-refractivity contribution is -0.137. The summed E-state index contributed by atoms with van der Waals surface area (Å²) >= 11 is 7.35. The van der Waals surface area contributed by atoms with E-state index in [2.05, 4.69) is 4.99 Å². The van der Waals surface area contributed by atoms with E-state index in [9.17, 15) is 26.0 Å². The van der Waals surface area contributed by atoms with Gasteiger partial charge in [-0.1, -0.05) is 41.6 Å². The SMILES string of the molecule is O=S1(=O)CC2N=C(SCc3ccccc3F)N(c3cc(C(F)(F)F)ccc3Cl)C2C1. The van der Waals surface area contributed by atoms with Crippen LogP contribution in [0.4, 0.5) is 23.2 Å². The molecule has 2 unspecified atom stereocenters. The highest BCUT2D eigenvalue weighted by Gasteiger charge is 2.48. The minimum absolute atomic E-state index is 0.0378. The average molecular weight is 479 g/mol. The number of thioether (sulfide) groups is 1. The second kappa shape index (κ2) is 7.72. The van der Waals surface area contributed by atoms with Gasteiger partial charge in [-0.2, -0.15) is 13.2 Å². The zero-order chi connectivity index (χ0) is 21.7. The predicted octanol–water partition coefficient (Wildman–Crippen LogP) is 4.77. The van der Waals surface area contributed by atoms with Crippen LogP contribution in [0.1, 0.15) is 11.1 Å². The first-order chi connectivity index (χ1) is 14.0. The molecule has 2 aromatic carbocycles. The molecule has 1 saturated heterocycles. The van der Waals surface area contributed by atoms with Gasteiger partial charge in [0.05, 0.1) is 39.9 Å². The Kier molecular flexibility index (Phi) is 5.52. The summed E-state index contributed by atoms with van der Waals surface area (Å²) in [5, 5.41) is 0.372. The van der Waals surface area contributed by atoms with Crippen molar-refractivity contribution in [1.82, 2.24) is 0 Å². The van der Waals surface area contributed by atoms with E-state index in [1.807, 2.05) is 0 Å². The molecule has 4 nitrogen and oxygen atoms in total. The molecule has 0 aromatic heterocycles. The topological polar surface area (TPSA) is 49.7 Å². The van der Waals surface area contributed by atoms with Crippen molar-refractivity contribution in [2.45, 2.75) is 24.0 Å². The number of fused-ring (bicyclic) bond motifs is 1. The van der Waals surface area contributed by atoms with Gasteiger partial charge >= 0.3 is 6.18 Å². The third kappa shape index (κ3) is 4.17.